The molecule has 0 aromatic rings. The third kappa shape index (κ3) is 1.29. The van der Waals surface area contributed by atoms with Crippen LogP contribution in [0.3, 0.4) is 0 Å². The first-order valence-electron chi connectivity index (χ1n) is 3.42. The average Bonchev–Trinajstić information content (AvgIpc) is 2.17. The molecular formula is C8H8N2S. The zero-order valence-electron chi connectivity index (χ0n) is 5.90. The van der Waals surface area contributed by atoms with Gasteiger partial charge in [-0.15, -0.1) is 11.8 Å². The summed E-state index contributed by atoms with van der Waals surface area (Å²) >= 11 is 1.64. The molecule has 2 aliphatic heterocycles. The maximum atomic E-state index is 5.69. The van der Waals surface area contributed by atoms with Crippen LogP contribution in [0.2, 0.25) is 0 Å². The van der Waals surface area contributed by atoms with E-state index < -0.39 is 0 Å². The van der Waals surface area contributed by atoms with Crippen molar-refractivity contribution in [1.82, 2.24) is 0 Å². The average molecular weight is 164 g/mol. The van der Waals surface area contributed by atoms with Crippen LogP contribution >= 0.6 is 11.8 Å². The molecule has 11 heavy (non-hydrogen) atoms. The van der Waals surface area contributed by atoms with Crippen molar-refractivity contribution in [3.05, 3.63) is 34.9 Å². The first-order valence-corrected chi connectivity index (χ1v) is 4.30. The third-order valence-corrected chi connectivity index (χ3v) is 2.50. The Bertz CT molecular complexity index is 286. The van der Waals surface area contributed by atoms with E-state index in [4.69, 9.17) is 5.73 Å². The SMILES string of the molecule is NC1C=C2N=CC=CC=C2S1. The first kappa shape index (κ1) is 6.88. The van der Waals surface area contributed by atoms with Crippen LogP contribution in [0.5, 0.6) is 0 Å². The van der Waals surface area contributed by atoms with Crippen molar-refractivity contribution in [2.75, 3.05) is 0 Å². The summed E-state index contributed by atoms with van der Waals surface area (Å²) in [6, 6.07) is 0. The second-order valence-electron chi connectivity index (χ2n) is 2.33. The van der Waals surface area contributed by atoms with Gasteiger partial charge in [-0.3, -0.25) is 4.99 Å². The van der Waals surface area contributed by atoms with Crippen molar-refractivity contribution in [3.8, 4) is 0 Å². The van der Waals surface area contributed by atoms with E-state index in [2.05, 4.69) is 4.99 Å². The predicted octanol–water partition coefficient (Wildman–Crippen LogP) is 1.43. The Morgan fingerprint density at radius 1 is 1.45 bits per heavy atom. The highest BCUT2D eigenvalue weighted by atomic mass is 32.2. The lowest BCUT2D eigenvalue weighted by molar-refractivity contribution is 1.16. The van der Waals surface area contributed by atoms with E-state index in [0.717, 1.165) is 5.70 Å². The molecule has 0 amide bonds. The number of rotatable bonds is 0. The highest BCUT2D eigenvalue weighted by Crippen LogP contribution is 2.35. The largest absolute Gasteiger partial charge is 0.316 e. The van der Waals surface area contributed by atoms with Crippen molar-refractivity contribution < 1.29 is 0 Å². The molecule has 2 aliphatic rings. The summed E-state index contributed by atoms with van der Waals surface area (Å²) < 4.78 is 0. The van der Waals surface area contributed by atoms with Crippen molar-refractivity contribution in [3.63, 3.8) is 0 Å². The summed E-state index contributed by atoms with van der Waals surface area (Å²) in [6.45, 7) is 0. The monoisotopic (exact) mass is 164 g/mol. The fourth-order valence-corrected chi connectivity index (χ4v) is 1.91. The molecule has 0 saturated carbocycles. The van der Waals surface area contributed by atoms with Gasteiger partial charge >= 0.3 is 0 Å². The quantitative estimate of drug-likeness (QED) is 0.588. The zero-order valence-corrected chi connectivity index (χ0v) is 6.71. The van der Waals surface area contributed by atoms with Gasteiger partial charge in [-0.2, -0.15) is 0 Å². The summed E-state index contributed by atoms with van der Waals surface area (Å²) in [5.41, 5.74) is 6.70. The molecule has 0 bridgehead atoms. The van der Waals surface area contributed by atoms with Crippen LogP contribution in [-0.4, -0.2) is 11.6 Å². The van der Waals surface area contributed by atoms with Crippen LogP contribution in [0.15, 0.2) is 39.9 Å². The number of aliphatic imine (C=N–C) groups is 1. The van der Waals surface area contributed by atoms with Crippen molar-refractivity contribution in [2.24, 2.45) is 10.7 Å². The van der Waals surface area contributed by atoms with Gasteiger partial charge in [0.15, 0.2) is 0 Å². The zero-order chi connectivity index (χ0) is 7.68. The van der Waals surface area contributed by atoms with E-state index in [-0.39, 0.29) is 5.37 Å². The van der Waals surface area contributed by atoms with E-state index in [1.54, 1.807) is 18.0 Å². The topological polar surface area (TPSA) is 38.4 Å². The number of hydrogen-bond donors (Lipinski definition) is 1. The van der Waals surface area contributed by atoms with Crippen LogP contribution in [0, 0.1) is 0 Å². The number of allylic oxidation sites excluding steroid dienone is 3. The Hall–Kier alpha value is -0.800. The van der Waals surface area contributed by atoms with Gasteiger partial charge in [0.25, 0.3) is 0 Å². The van der Waals surface area contributed by atoms with E-state index in [0.29, 0.717) is 0 Å². The van der Waals surface area contributed by atoms with Gasteiger partial charge in [0.2, 0.25) is 0 Å². The fourth-order valence-electron chi connectivity index (χ4n) is 1.03. The Morgan fingerprint density at radius 2 is 2.36 bits per heavy atom. The minimum Gasteiger partial charge on any atom is -0.316 e. The van der Waals surface area contributed by atoms with Crippen molar-refractivity contribution in [1.29, 1.82) is 0 Å². The molecule has 0 aromatic carbocycles. The minimum absolute atomic E-state index is 0.0832. The van der Waals surface area contributed by atoms with Crippen LogP contribution in [0.1, 0.15) is 0 Å². The summed E-state index contributed by atoms with van der Waals surface area (Å²) in [5, 5.41) is 0.0832. The first-order chi connectivity index (χ1) is 5.36. The molecule has 2 heterocycles. The summed E-state index contributed by atoms with van der Waals surface area (Å²) in [5.74, 6) is 0. The highest BCUT2D eigenvalue weighted by Gasteiger charge is 2.17. The molecule has 0 fully saturated rings. The molecule has 0 aliphatic carbocycles. The number of nitrogens with two attached hydrogens (primary N) is 1. The lowest BCUT2D eigenvalue weighted by Crippen LogP contribution is -2.07. The molecule has 2 nitrogen and oxygen atoms in total. The molecule has 56 valence electrons. The second kappa shape index (κ2) is 2.68. The molecule has 1 atom stereocenters. The fraction of sp³-hybridized carbons (Fsp3) is 0.125. The van der Waals surface area contributed by atoms with Gasteiger partial charge in [-0.25, -0.2) is 0 Å². The molecule has 0 spiro atoms. The predicted molar refractivity (Wildman–Crippen MR) is 49.4 cm³/mol. The Balaban J connectivity index is 2.39. The van der Waals surface area contributed by atoms with Gasteiger partial charge in [0.05, 0.1) is 11.1 Å². The van der Waals surface area contributed by atoms with E-state index in [1.165, 1.54) is 4.91 Å². The van der Waals surface area contributed by atoms with Crippen LogP contribution in [-0.2, 0) is 0 Å². The van der Waals surface area contributed by atoms with E-state index in [1.807, 2.05) is 24.3 Å². The molecule has 2 rings (SSSR count). The molecule has 1 unspecified atom stereocenters. The normalized spacial score (nSPS) is 27.5. The van der Waals surface area contributed by atoms with Crippen LogP contribution < -0.4 is 5.73 Å². The van der Waals surface area contributed by atoms with E-state index >= 15 is 0 Å². The molecule has 0 radical (unpaired) electrons. The number of hydrogen-bond acceptors (Lipinski definition) is 3. The van der Waals surface area contributed by atoms with Crippen LogP contribution in [0.4, 0.5) is 0 Å². The standard InChI is InChI=1S/C8H8N2S/c9-8-5-6-7(11-8)3-1-2-4-10-6/h1-5,8H,9H2. The number of thioether (sulfide) groups is 1. The summed E-state index contributed by atoms with van der Waals surface area (Å²) in [4.78, 5) is 5.38. The maximum Gasteiger partial charge on any atom is 0.0765 e. The molecule has 0 saturated heterocycles. The number of nitrogens with zero attached hydrogens (tertiary/aromatic N) is 1. The lowest BCUT2D eigenvalue weighted by atomic mass is 10.3. The Morgan fingerprint density at radius 3 is 3.27 bits per heavy atom. The number of fused-ring (bicyclic) bond motifs is 1. The van der Waals surface area contributed by atoms with Gasteiger partial charge in [0.1, 0.15) is 0 Å². The molecular weight excluding hydrogens is 156 g/mol. The van der Waals surface area contributed by atoms with Crippen molar-refractivity contribution >= 4 is 18.0 Å². The summed E-state index contributed by atoms with van der Waals surface area (Å²) in [6.07, 6.45) is 9.69. The molecule has 0 aromatic heterocycles. The maximum absolute atomic E-state index is 5.69. The van der Waals surface area contributed by atoms with Gasteiger partial charge < -0.3 is 5.73 Å². The van der Waals surface area contributed by atoms with Gasteiger partial charge in [-0.05, 0) is 18.2 Å². The van der Waals surface area contributed by atoms with Crippen LogP contribution in [0.25, 0.3) is 0 Å². The Labute approximate surface area is 69.6 Å². The molecule has 3 heteroatoms. The minimum atomic E-state index is 0.0832. The van der Waals surface area contributed by atoms with Crippen molar-refractivity contribution in [2.45, 2.75) is 5.37 Å². The van der Waals surface area contributed by atoms with Gasteiger partial charge in [-0.1, -0.05) is 6.08 Å². The van der Waals surface area contributed by atoms with Gasteiger partial charge in [0, 0.05) is 11.1 Å². The summed E-state index contributed by atoms with van der Waals surface area (Å²) in [7, 11) is 0. The third-order valence-electron chi connectivity index (χ3n) is 1.50. The van der Waals surface area contributed by atoms with E-state index in [9.17, 15) is 0 Å². The smallest absolute Gasteiger partial charge is 0.0765 e. The Kier molecular flexibility index (Phi) is 1.68. The second-order valence-corrected chi connectivity index (χ2v) is 3.55. The lowest BCUT2D eigenvalue weighted by Gasteiger charge is -1.96. The molecule has 2 N–H and O–H groups in total. The highest BCUT2D eigenvalue weighted by molar-refractivity contribution is 8.04.